The SMILES string of the molecule is O=C(O)[C@@H]1CN(c2ccncc2Br)C[C@H]1C(F)(F)F. The fraction of sp³-hybridized carbons (Fsp3) is 0.455. The smallest absolute Gasteiger partial charge is 0.394 e. The minimum Gasteiger partial charge on any atom is -0.481 e. The maximum Gasteiger partial charge on any atom is 0.394 e. The summed E-state index contributed by atoms with van der Waals surface area (Å²) >= 11 is 3.20. The summed E-state index contributed by atoms with van der Waals surface area (Å²) in [4.78, 5) is 16.2. The van der Waals surface area contributed by atoms with Gasteiger partial charge in [-0.25, -0.2) is 0 Å². The number of hydrogen-bond acceptors (Lipinski definition) is 3. The van der Waals surface area contributed by atoms with Gasteiger partial charge in [-0.15, -0.1) is 0 Å². The number of rotatable bonds is 2. The van der Waals surface area contributed by atoms with E-state index >= 15 is 0 Å². The number of anilines is 1. The number of hydrogen-bond donors (Lipinski definition) is 1. The minimum atomic E-state index is -4.52. The fourth-order valence-corrected chi connectivity index (χ4v) is 2.71. The normalized spacial score (nSPS) is 23.7. The van der Waals surface area contributed by atoms with Crippen molar-refractivity contribution in [3.63, 3.8) is 0 Å². The maximum atomic E-state index is 12.8. The number of halogens is 4. The van der Waals surface area contributed by atoms with Crippen LogP contribution in [0.1, 0.15) is 0 Å². The van der Waals surface area contributed by atoms with E-state index in [9.17, 15) is 18.0 Å². The highest BCUT2D eigenvalue weighted by Crippen LogP contribution is 2.40. The van der Waals surface area contributed by atoms with Gasteiger partial charge in [-0.05, 0) is 22.0 Å². The Morgan fingerprint density at radius 2 is 2.16 bits per heavy atom. The van der Waals surface area contributed by atoms with Crippen LogP contribution in [-0.2, 0) is 4.79 Å². The van der Waals surface area contributed by atoms with Crippen molar-refractivity contribution in [1.82, 2.24) is 4.98 Å². The first-order chi connectivity index (χ1) is 8.80. The van der Waals surface area contributed by atoms with Crippen molar-refractivity contribution in [3.05, 3.63) is 22.9 Å². The second-order valence-electron chi connectivity index (χ2n) is 4.32. The van der Waals surface area contributed by atoms with E-state index in [-0.39, 0.29) is 13.1 Å². The fourth-order valence-electron chi connectivity index (χ4n) is 2.21. The minimum absolute atomic E-state index is 0.165. The van der Waals surface area contributed by atoms with Crippen molar-refractivity contribution in [1.29, 1.82) is 0 Å². The summed E-state index contributed by atoms with van der Waals surface area (Å²) < 4.78 is 39.1. The van der Waals surface area contributed by atoms with Crippen LogP contribution in [0.4, 0.5) is 18.9 Å². The average molecular weight is 339 g/mol. The Morgan fingerprint density at radius 1 is 1.47 bits per heavy atom. The molecule has 1 aliphatic heterocycles. The van der Waals surface area contributed by atoms with Gasteiger partial charge >= 0.3 is 12.1 Å². The molecule has 4 nitrogen and oxygen atoms in total. The molecule has 1 aromatic rings. The van der Waals surface area contributed by atoms with Crippen LogP contribution in [0.15, 0.2) is 22.9 Å². The van der Waals surface area contributed by atoms with Crippen molar-refractivity contribution in [2.24, 2.45) is 11.8 Å². The second kappa shape index (κ2) is 4.99. The maximum absolute atomic E-state index is 12.8. The summed E-state index contributed by atoms with van der Waals surface area (Å²) in [5.41, 5.74) is 0.521. The molecule has 0 spiro atoms. The monoisotopic (exact) mass is 338 g/mol. The number of carboxylic acid groups (broad SMARTS) is 1. The molecule has 0 bridgehead atoms. The molecule has 2 heterocycles. The van der Waals surface area contributed by atoms with Crippen molar-refractivity contribution in [3.8, 4) is 0 Å². The van der Waals surface area contributed by atoms with Crippen molar-refractivity contribution in [2.75, 3.05) is 18.0 Å². The van der Waals surface area contributed by atoms with Gasteiger partial charge in [-0.1, -0.05) is 0 Å². The zero-order valence-corrected chi connectivity index (χ0v) is 11.1. The average Bonchev–Trinajstić information content (AvgIpc) is 2.74. The topological polar surface area (TPSA) is 53.4 Å². The van der Waals surface area contributed by atoms with Gasteiger partial charge in [-0.2, -0.15) is 13.2 Å². The van der Waals surface area contributed by atoms with Gasteiger partial charge in [0.25, 0.3) is 0 Å². The molecule has 104 valence electrons. The summed E-state index contributed by atoms with van der Waals surface area (Å²) in [6, 6.07) is 1.56. The lowest BCUT2D eigenvalue weighted by Gasteiger charge is -2.20. The van der Waals surface area contributed by atoms with E-state index in [1.807, 2.05) is 0 Å². The molecule has 0 radical (unpaired) electrons. The molecule has 0 saturated carbocycles. The van der Waals surface area contributed by atoms with Crippen LogP contribution in [-0.4, -0.2) is 35.3 Å². The van der Waals surface area contributed by atoms with Crippen LogP contribution in [0, 0.1) is 11.8 Å². The van der Waals surface area contributed by atoms with Crippen molar-refractivity contribution < 1.29 is 23.1 Å². The zero-order valence-electron chi connectivity index (χ0n) is 9.56. The number of aliphatic carboxylic acids is 1. The van der Waals surface area contributed by atoms with Crippen LogP contribution < -0.4 is 4.90 Å². The van der Waals surface area contributed by atoms with E-state index in [1.165, 1.54) is 17.3 Å². The highest BCUT2D eigenvalue weighted by Gasteiger charge is 2.52. The molecular weight excluding hydrogens is 329 g/mol. The molecule has 1 fully saturated rings. The third-order valence-corrected chi connectivity index (χ3v) is 3.76. The molecule has 19 heavy (non-hydrogen) atoms. The Hall–Kier alpha value is -1.31. The van der Waals surface area contributed by atoms with Gasteiger partial charge in [0.1, 0.15) is 0 Å². The Balaban J connectivity index is 2.28. The van der Waals surface area contributed by atoms with Crippen LogP contribution in [0.25, 0.3) is 0 Å². The van der Waals surface area contributed by atoms with E-state index in [0.717, 1.165) is 0 Å². The first kappa shape index (κ1) is 14.1. The predicted octanol–water partition coefficient (Wildman–Crippen LogP) is 2.54. The molecule has 0 aliphatic carbocycles. The highest BCUT2D eigenvalue weighted by atomic mass is 79.9. The van der Waals surface area contributed by atoms with Gasteiger partial charge in [0.2, 0.25) is 0 Å². The molecule has 0 amide bonds. The summed E-state index contributed by atoms with van der Waals surface area (Å²) in [5.74, 6) is -4.72. The summed E-state index contributed by atoms with van der Waals surface area (Å²) in [6.45, 7) is -0.523. The van der Waals surface area contributed by atoms with Gasteiger partial charge in [0.15, 0.2) is 0 Å². The Kier molecular flexibility index (Phi) is 3.71. The quantitative estimate of drug-likeness (QED) is 0.900. The van der Waals surface area contributed by atoms with E-state index in [2.05, 4.69) is 20.9 Å². The van der Waals surface area contributed by atoms with Crippen molar-refractivity contribution in [2.45, 2.75) is 6.18 Å². The molecule has 2 atom stereocenters. The molecule has 1 aromatic heterocycles. The van der Waals surface area contributed by atoms with E-state index in [1.54, 1.807) is 6.07 Å². The number of alkyl halides is 3. The number of carboxylic acids is 1. The summed E-state index contributed by atoms with van der Waals surface area (Å²) in [5, 5.41) is 8.93. The number of nitrogens with zero attached hydrogens (tertiary/aromatic N) is 2. The van der Waals surface area contributed by atoms with Gasteiger partial charge in [0, 0.05) is 25.5 Å². The largest absolute Gasteiger partial charge is 0.481 e. The third kappa shape index (κ3) is 2.83. The third-order valence-electron chi connectivity index (χ3n) is 3.15. The summed E-state index contributed by atoms with van der Waals surface area (Å²) in [6.07, 6.45) is -1.60. The van der Waals surface area contributed by atoms with Crippen LogP contribution in [0.2, 0.25) is 0 Å². The number of carbonyl (C=O) groups is 1. The first-order valence-corrected chi connectivity index (χ1v) is 6.24. The standard InChI is InChI=1S/C11H10BrF3N2O2/c12-8-3-16-2-1-9(8)17-4-6(10(18)19)7(5-17)11(13,14)15/h1-3,6-7H,4-5H2,(H,18,19)/t6-,7-/m1/s1. The lowest BCUT2D eigenvalue weighted by molar-refractivity contribution is -0.187. The molecule has 0 unspecified atom stereocenters. The van der Waals surface area contributed by atoms with Crippen LogP contribution in [0.5, 0.6) is 0 Å². The molecule has 0 aromatic carbocycles. The highest BCUT2D eigenvalue weighted by molar-refractivity contribution is 9.10. The summed E-state index contributed by atoms with van der Waals surface area (Å²) in [7, 11) is 0. The van der Waals surface area contributed by atoms with Crippen molar-refractivity contribution >= 4 is 27.6 Å². The lowest BCUT2D eigenvalue weighted by Crippen LogP contribution is -2.33. The van der Waals surface area contributed by atoms with Gasteiger partial charge in [0.05, 0.1) is 22.0 Å². The predicted molar refractivity (Wildman–Crippen MR) is 64.8 cm³/mol. The second-order valence-corrected chi connectivity index (χ2v) is 5.18. The first-order valence-electron chi connectivity index (χ1n) is 5.44. The molecule has 2 rings (SSSR count). The molecule has 1 saturated heterocycles. The Labute approximate surface area is 115 Å². The molecular formula is C11H10BrF3N2O2. The van der Waals surface area contributed by atoms with E-state index < -0.39 is 24.0 Å². The molecule has 8 heteroatoms. The van der Waals surface area contributed by atoms with E-state index in [4.69, 9.17) is 5.11 Å². The Bertz CT molecular complexity index is 495. The number of aromatic nitrogens is 1. The van der Waals surface area contributed by atoms with Crippen LogP contribution >= 0.6 is 15.9 Å². The van der Waals surface area contributed by atoms with E-state index in [0.29, 0.717) is 10.2 Å². The number of pyridine rings is 1. The Morgan fingerprint density at radius 3 is 2.63 bits per heavy atom. The lowest BCUT2D eigenvalue weighted by atomic mass is 9.96. The van der Waals surface area contributed by atoms with Gasteiger partial charge < -0.3 is 10.0 Å². The molecule has 1 aliphatic rings. The van der Waals surface area contributed by atoms with Gasteiger partial charge in [-0.3, -0.25) is 9.78 Å². The zero-order chi connectivity index (χ0) is 14.2. The molecule has 1 N–H and O–H groups in total. The van der Waals surface area contributed by atoms with Crippen LogP contribution in [0.3, 0.4) is 0 Å².